The number of methoxy groups -OCH3 is 1. The summed E-state index contributed by atoms with van der Waals surface area (Å²) in [5.41, 5.74) is 5.13. The predicted octanol–water partition coefficient (Wildman–Crippen LogP) is 7.38. The Hall–Kier alpha value is -6.27. The monoisotopic (exact) mass is 812 g/mol. The molecule has 5 aromatic rings. The number of urea groups is 1. The number of rotatable bonds is 17. The Kier molecular flexibility index (Phi) is 14.2. The maximum Gasteiger partial charge on any atom is 0.407 e. The number of pyridine rings is 2. The van der Waals surface area contributed by atoms with E-state index in [4.69, 9.17) is 4.74 Å². The van der Waals surface area contributed by atoms with Gasteiger partial charge in [0.1, 0.15) is 6.04 Å². The molecule has 1 fully saturated rings. The lowest BCUT2D eigenvalue weighted by Crippen LogP contribution is -2.57. The van der Waals surface area contributed by atoms with Gasteiger partial charge in [-0.2, -0.15) is 0 Å². The standard InChI is InChI=1S/C48H56N6O6/c1-33-14-12-19-38(49-33)32-52-26-27-53(46(52)57)44(48(2,3)4)45(56)50-39(28-34-15-8-6-9-16-34)30-42(55)41(54(47(58)59)31-36-17-10-7-11-18-36)29-35-22-24-37(25-23-35)40-20-13-21-43(51-40)60-5/h6-25,39,41-42,44,55H,26-32H2,1-5H3,(H,50,56)(H,58,59)/t39-,41-,42-,44+/m0/s1. The van der Waals surface area contributed by atoms with Crippen LogP contribution in [0.4, 0.5) is 9.59 Å². The van der Waals surface area contributed by atoms with E-state index in [2.05, 4.69) is 15.3 Å². The first-order valence-electron chi connectivity index (χ1n) is 20.4. The van der Waals surface area contributed by atoms with Gasteiger partial charge in [0.15, 0.2) is 0 Å². The Morgan fingerprint density at radius 2 is 1.47 bits per heavy atom. The molecule has 3 N–H and O–H groups in total. The van der Waals surface area contributed by atoms with Crippen molar-refractivity contribution in [2.45, 2.75) is 84.3 Å². The first-order chi connectivity index (χ1) is 28.8. The number of aliphatic hydroxyl groups excluding tert-OH is 1. The van der Waals surface area contributed by atoms with Crippen molar-refractivity contribution in [3.63, 3.8) is 0 Å². The van der Waals surface area contributed by atoms with Crippen LogP contribution in [0.15, 0.2) is 121 Å². The SMILES string of the molecule is COc1cccc(-c2ccc(C[C@@H]([C@@H](O)C[C@H](Cc3ccccc3)NC(=O)[C@@H](N3CCN(Cc4cccc(C)n4)C3=O)C(C)(C)C)N(Cc3ccccc3)C(=O)O)cc2)n1. The summed E-state index contributed by atoms with van der Waals surface area (Å²) in [5, 5.41) is 26.3. The average Bonchev–Trinajstić information content (AvgIpc) is 3.57. The van der Waals surface area contributed by atoms with Gasteiger partial charge in [-0.3, -0.25) is 14.7 Å². The molecule has 60 heavy (non-hydrogen) atoms. The van der Waals surface area contributed by atoms with Gasteiger partial charge in [-0.25, -0.2) is 14.6 Å². The number of nitrogens with one attached hydrogen (secondary N) is 1. The second-order valence-electron chi connectivity index (χ2n) is 16.6. The van der Waals surface area contributed by atoms with Crippen molar-refractivity contribution in [3.05, 3.63) is 149 Å². The van der Waals surface area contributed by atoms with Crippen molar-refractivity contribution in [1.29, 1.82) is 0 Å². The molecule has 4 atom stereocenters. The molecular weight excluding hydrogens is 757 g/mol. The molecule has 3 aromatic carbocycles. The highest BCUT2D eigenvalue weighted by atomic mass is 16.5. The zero-order valence-corrected chi connectivity index (χ0v) is 35.1. The third-order valence-corrected chi connectivity index (χ3v) is 10.9. The Bertz CT molecular complexity index is 2200. The van der Waals surface area contributed by atoms with Crippen LogP contribution in [-0.4, -0.2) is 97.3 Å². The summed E-state index contributed by atoms with van der Waals surface area (Å²) in [5.74, 6) is 0.158. The zero-order chi connectivity index (χ0) is 42.8. The highest BCUT2D eigenvalue weighted by molar-refractivity contribution is 5.89. The van der Waals surface area contributed by atoms with Crippen LogP contribution in [0.3, 0.4) is 0 Å². The van der Waals surface area contributed by atoms with E-state index in [0.29, 0.717) is 31.9 Å². The highest BCUT2D eigenvalue weighted by Crippen LogP contribution is 2.30. The molecule has 0 aliphatic carbocycles. The second kappa shape index (κ2) is 19.7. The normalized spacial score (nSPS) is 14.9. The van der Waals surface area contributed by atoms with Gasteiger partial charge >= 0.3 is 12.1 Å². The van der Waals surface area contributed by atoms with Crippen LogP contribution in [0.5, 0.6) is 5.88 Å². The minimum atomic E-state index is -1.20. The van der Waals surface area contributed by atoms with Gasteiger partial charge in [0.05, 0.1) is 37.2 Å². The molecular formula is C48H56N6O6. The Balaban J connectivity index is 1.27. The molecule has 0 spiro atoms. The molecule has 4 amide bonds. The minimum Gasteiger partial charge on any atom is -0.481 e. The number of hydrogen-bond acceptors (Lipinski definition) is 7. The van der Waals surface area contributed by atoms with Crippen LogP contribution in [-0.2, 0) is 30.7 Å². The van der Waals surface area contributed by atoms with E-state index in [1.54, 1.807) is 23.0 Å². The van der Waals surface area contributed by atoms with Gasteiger partial charge in [-0.05, 0) is 66.5 Å². The summed E-state index contributed by atoms with van der Waals surface area (Å²) in [4.78, 5) is 55.4. The molecule has 1 aliphatic heterocycles. The van der Waals surface area contributed by atoms with Gasteiger partial charge in [0.2, 0.25) is 11.8 Å². The maximum absolute atomic E-state index is 14.6. The largest absolute Gasteiger partial charge is 0.481 e. The highest BCUT2D eigenvalue weighted by Gasteiger charge is 2.44. The summed E-state index contributed by atoms with van der Waals surface area (Å²) in [6, 6.07) is 35.4. The molecule has 3 heterocycles. The van der Waals surface area contributed by atoms with Crippen LogP contribution >= 0.6 is 0 Å². The number of benzene rings is 3. The van der Waals surface area contributed by atoms with Crippen LogP contribution in [0.2, 0.25) is 0 Å². The van der Waals surface area contributed by atoms with Crippen LogP contribution in [0.25, 0.3) is 11.3 Å². The molecule has 12 nitrogen and oxygen atoms in total. The van der Waals surface area contributed by atoms with E-state index in [9.17, 15) is 24.6 Å². The van der Waals surface area contributed by atoms with Gasteiger partial charge in [-0.15, -0.1) is 0 Å². The quantitative estimate of drug-likeness (QED) is 0.0882. The molecule has 1 aliphatic rings. The Morgan fingerprint density at radius 3 is 2.10 bits per heavy atom. The number of carbonyl (C=O) groups is 3. The molecule has 0 bridgehead atoms. The van der Waals surface area contributed by atoms with Gasteiger partial charge in [0, 0.05) is 43.0 Å². The fourth-order valence-corrected chi connectivity index (χ4v) is 8.00. The van der Waals surface area contributed by atoms with E-state index in [-0.39, 0.29) is 31.3 Å². The smallest absolute Gasteiger partial charge is 0.407 e. The molecule has 6 rings (SSSR count). The first kappa shape index (κ1) is 43.3. The molecule has 12 heteroatoms. The van der Waals surface area contributed by atoms with Crippen LogP contribution in [0.1, 0.15) is 55.3 Å². The Labute approximate surface area is 352 Å². The van der Waals surface area contributed by atoms with Crippen molar-refractivity contribution >= 4 is 18.0 Å². The number of aliphatic hydroxyl groups is 1. The van der Waals surface area contributed by atoms with Gasteiger partial charge in [0.25, 0.3) is 0 Å². The van der Waals surface area contributed by atoms with Crippen molar-refractivity contribution in [2.24, 2.45) is 5.41 Å². The molecule has 2 aromatic heterocycles. The predicted molar refractivity (Wildman–Crippen MR) is 231 cm³/mol. The van der Waals surface area contributed by atoms with Gasteiger partial charge < -0.3 is 30.1 Å². The van der Waals surface area contributed by atoms with E-state index in [1.165, 1.54) is 4.90 Å². The fourth-order valence-electron chi connectivity index (χ4n) is 8.00. The van der Waals surface area contributed by atoms with E-state index in [1.807, 2.05) is 143 Å². The third-order valence-electron chi connectivity index (χ3n) is 10.9. The van der Waals surface area contributed by atoms with Crippen molar-refractivity contribution in [2.75, 3.05) is 20.2 Å². The third kappa shape index (κ3) is 11.3. The number of carboxylic acid groups (broad SMARTS) is 1. The molecule has 0 unspecified atom stereocenters. The molecule has 314 valence electrons. The van der Waals surface area contributed by atoms with Crippen molar-refractivity contribution in [1.82, 2.24) is 30.0 Å². The number of ether oxygens (including phenoxy) is 1. The average molecular weight is 813 g/mol. The van der Waals surface area contributed by atoms with Crippen molar-refractivity contribution < 1.29 is 29.3 Å². The number of carbonyl (C=O) groups excluding carboxylic acids is 2. The minimum absolute atomic E-state index is 0.0473. The molecule has 0 radical (unpaired) electrons. The zero-order valence-electron chi connectivity index (χ0n) is 35.1. The lowest BCUT2D eigenvalue weighted by atomic mass is 9.84. The van der Waals surface area contributed by atoms with E-state index >= 15 is 0 Å². The van der Waals surface area contributed by atoms with Crippen LogP contribution < -0.4 is 10.1 Å². The fraction of sp³-hybridized carbons (Fsp3) is 0.354. The van der Waals surface area contributed by atoms with E-state index in [0.717, 1.165) is 39.3 Å². The summed E-state index contributed by atoms with van der Waals surface area (Å²) < 4.78 is 5.31. The summed E-state index contributed by atoms with van der Waals surface area (Å²) in [6.07, 6.45) is -1.74. The molecule has 0 saturated carbocycles. The number of aromatic nitrogens is 2. The van der Waals surface area contributed by atoms with Crippen LogP contribution in [0, 0.1) is 12.3 Å². The summed E-state index contributed by atoms with van der Waals surface area (Å²) in [6.45, 7) is 8.94. The lowest BCUT2D eigenvalue weighted by molar-refractivity contribution is -0.129. The number of hydrogen-bond donors (Lipinski definition) is 3. The maximum atomic E-state index is 14.6. The van der Waals surface area contributed by atoms with Gasteiger partial charge in [-0.1, -0.05) is 118 Å². The van der Waals surface area contributed by atoms with E-state index < -0.39 is 35.7 Å². The van der Waals surface area contributed by atoms with Crippen molar-refractivity contribution in [3.8, 4) is 17.1 Å². The lowest BCUT2D eigenvalue weighted by Gasteiger charge is -2.38. The first-order valence-corrected chi connectivity index (χ1v) is 20.4. The number of aryl methyl sites for hydroxylation is 1. The summed E-state index contributed by atoms with van der Waals surface area (Å²) >= 11 is 0. The molecule has 1 saturated heterocycles. The summed E-state index contributed by atoms with van der Waals surface area (Å²) in [7, 11) is 1.57. The number of nitrogens with zero attached hydrogens (tertiary/aromatic N) is 5. The topological polar surface area (TPSA) is 148 Å². The Morgan fingerprint density at radius 1 is 0.817 bits per heavy atom. The second-order valence-corrected chi connectivity index (χ2v) is 16.6. The number of amides is 4.